The van der Waals surface area contributed by atoms with Gasteiger partial charge in [0.25, 0.3) is 0 Å². The Hall–Kier alpha value is -3.87. The summed E-state index contributed by atoms with van der Waals surface area (Å²) in [5.74, 6) is 0. The van der Waals surface area contributed by atoms with E-state index in [4.69, 9.17) is 9.72 Å². The van der Waals surface area contributed by atoms with Crippen LogP contribution in [0.15, 0.2) is 48.7 Å². The molecule has 4 aromatic rings. The van der Waals surface area contributed by atoms with Crippen molar-refractivity contribution in [2.45, 2.75) is 47.1 Å². The van der Waals surface area contributed by atoms with Gasteiger partial charge in [0.15, 0.2) is 0 Å². The fourth-order valence-corrected chi connectivity index (χ4v) is 5.35. The van der Waals surface area contributed by atoms with E-state index in [0.29, 0.717) is 13.1 Å². The van der Waals surface area contributed by atoms with Crippen molar-refractivity contribution in [1.82, 2.24) is 19.4 Å². The highest BCUT2D eigenvalue weighted by atomic mass is 16.6. The molecule has 0 atom stereocenters. The number of carbonyl (C=O) groups excluding carboxylic acids is 1. The standard InChI is InChI=1S/C31H37N5O2/c1-20-16-24(17-21(2)33-20)25-18-27-28(32-19-25)22(3)29(34(27)7)23-8-10-26(11-9-23)35-12-14-36(15-13-35)30(37)38-31(4,5)6/h8-11,16-19H,12-15H2,1-7H3. The lowest BCUT2D eigenvalue weighted by Crippen LogP contribution is -2.50. The van der Waals surface area contributed by atoms with Crippen LogP contribution in [0.25, 0.3) is 33.4 Å². The summed E-state index contributed by atoms with van der Waals surface area (Å²) in [6, 6.07) is 15.2. The average molecular weight is 512 g/mol. The number of fused-ring (bicyclic) bond motifs is 1. The van der Waals surface area contributed by atoms with E-state index in [1.165, 1.54) is 11.3 Å². The lowest BCUT2D eigenvalue weighted by Gasteiger charge is -2.36. The molecule has 1 aromatic carbocycles. The molecule has 5 rings (SSSR count). The van der Waals surface area contributed by atoms with E-state index in [9.17, 15) is 4.79 Å². The summed E-state index contributed by atoms with van der Waals surface area (Å²) in [4.78, 5) is 25.9. The van der Waals surface area contributed by atoms with Gasteiger partial charge in [0, 0.05) is 67.6 Å². The van der Waals surface area contributed by atoms with E-state index in [2.05, 4.69) is 70.9 Å². The first kappa shape index (κ1) is 25.8. The molecule has 0 spiro atoms. The van der Waals surface area contributed by atoms with Crippen molar-refractivity contribution in [3.8, 4) is 22.4 Å². The molecule has 0 saturated carbocycles. The lowest BCUT2D eigenvalue weighted by atomic mass is 10.1. The molecule has 0 unspecified atom stereocenters. The van der Waals surface area contributed by atoms with Crippen molar-refractivity contribution in [1.29, 1.82) is 0 Å². The van der Waals surface area contributed by atoms with Crippen LogP contribution in [-0.2, 0) is 11.8 Å². The van der Waals surface area contributed by atoms with Gasteiger partial charge in [0.2, 0.25) is 0 Å². The third kappa shape index (κ3) is 5.10. The number of ether oxygens (including phenoxy) is 1. The molecule has 1 fully saturated rings. The van der Waals surface area contributed by atoms with Crippen molar-refractivity contribution in [3.63, 3.8) is 0 Å². The molecule has 4 heterocycles. The summed E-state index contributed by atoms with van der Waals surface area (Å²) in [5, 5.41) is 0. The second-order valence-electron chi connectivity index (χ2n) is 11.3. The number of aromatic nitrogens is 3. The summed E-state index contributed by atoms with van der Waals surface area (Å²) in [6.45, 7) is 14.8. The van der Waals surface area contributed by atoms with E-state index in [0.717, 1.165) is 57.9 Å². The van der Waals surface area contributed by atoms with Crippen LogP contribution in [-0.4, -0.2) is 57.3 Å². The number of benzene rings is 1. The van der Waals surface area contributed by atoms with Crippen molar-refractivity contribution in [3.05, 3.63) is 65.6 Å². The van der Waals surface area contributed by atoms with Crippen LogP contribution in [0.4, 0.5) is 10.5 Å². The molecule has 0 radical (unpaired) electrons. The fraction of sp³-hybridized carbons (Fsp3) is 0.387. The summed E-state index contributed by atoms with van der Waals surface area (Å²) >= 11 is 0. The second-order valence-corrected chi connectivity index (χ2v) is 11.3. The van der Waals surface area contributed by atoms with E-state index < -0.39 is 5.60 Å². The zero-order valence-corrected chi connectivity index (χ0v) is 23.5. The van der Waals surface area contributed by atoms with Gasteiger partial charge in [-0.2, -0.15) is 0 Å². The molecule has 1 saturated heterocycles. The zero-order chi connectivity index (χ0) is 27.2. The Morgan fingerprint density at radius 1 is 0.868 bits per heavy atom. The smallest absolute Gasteiger partial charge is 0.410 e. The fourth-order valence-electron chi connectivity index (χ4n) is 5.35. The van der Waals surface area contributed by atoms with E-state index in [-0.39, 0.29) is 6.09 Å². The Morgan fingerprint density at radius 3 is 2.11 bits per heavy atom. The number of piperazine rings is 1. The van der Waals surface area contributed by atoms with Crippen molar-refractivity contribution < 1.29 is 9.53 Å². The van der Waals surface area contributed by atoms with E-state index >= 15 is 0 Å². The van der Waals surface area contributed by atoms with Gasteiger partial charge in [0.05, 0.1) is 16.7 Å². The summed E-state index contributed by atoms with van der Waals surface area (Å²) < 4.78 is 7.78. The molecule has 3 aromatic heterocycles. The number of hydrogen-bond donors (Lipinski definition) is 0. The van der Waals surface area contributed by atoms with Gasteiger partial charge in [0.1, 0.15) is 5.60 Å². The topological polar surface area (TPSA) is 63.5 Å². The molecule has 1 aliphatic heterocycles. The molecule has 198 valence electrons. The Bertz CT molecular complexity index is 1470. The quantitative estimate of drug-likeness (QED) is 0.324. The third-order valence-corrected chi connectivity index (χ3v) is 7.13. The van der Waals surface area contributed by atoms with Gasteiger partial charge >= 0.3 is 6.09 Å². The maximum Gasteiger partial charge on any atom is 0.410 e. The van der Waals surface area contributed by atoms with Crippen LogP contribution in [0, 0.1) is 20.8 Å². The number of nitrogens with zero attached hydrogens (tertiary/aromatic N) is 5. The Kier molecular flexibility index (Phi) is 6.63. The monoisotopic (exact) mass is 511 g/mol. The minimum atomic E-state index is -0.474. The van der Waals surface area contributed by atoms with Crippen LogP contribution >= 0.6 is 0 Å². The van der Waals surface area contributed by atoms with Gasteiger partial charge in [-0.25, -0.2) is 4.79 Å². The maximum absolute atomic E-state index is 12.4. The average Bonchev–Trinajstić information content (AvgIpc) is 3.12. The number of rotatable bonds is 3. The number of carbonyl (C=O) groups is 1. The Labute approximate surface area is 225 Å². The highest BCUT2D eigenvalue weighted by molar-refractivity contribution is 5.91. The molecule has 7 heteroatoms. The first-order valence-electron chi connectivity index (χ1n) is 13.2. The van der Waals surface area contributed by atoms with Crippen molar-refractivity contribution >= 4 is 22.8 Å². The van der Waals surface area contributed by atoms with Gasteiger partial charge in [-0.05, 0) is 83.0 Å². The van der Waals surface area contributed by atoms with Gasteiger partial charge < -0.3 is 19.1 Å². The minimum absolute atomic E-state index is 0.232. The Balaban J connectivity index is 1.36. The van der Waals surface area contributed by atoms with Crippen LogP contribution in [0.2, 0.25) is 0 Å². The number of hydrogen-bond acceptors (Lipinski definition) is 5. The Morgan fingerprint density at radius 2 is 1.50 bits per heavy atom. The van der Waals surface area contributed by atoms with Crippen LogP contribution in [0.5, 0.6) is 0 Å². The summed E-state index contributed by atoms with van der Waals surface area (Å²) in [6.07, 6.45) is 1.73. The zero-order valence-electron chi connectivity index (χ0n) is 23.5. The number of amides is 1. The highest BCUT2D eigenvalue weighted by Crippen LogP contribution is 2.34. The molecule has 0 bridgehead atoms. The van der Waals surface area contributed by atoms with E-state index in [1.54, 1.807) is 4.90 Å². The minimum Gasteiger partial charge on any atom is -0.444 e. The molecule has 0 N–H and O–H groups in total. The third-order valence-electron chi connectivity index (χ3n) is 7.13. The summed E-state index contributed by atoms with van der Waals surface area (Å²) in [5.41, 5.74) is 10.6. The molecule has 7 nitrogen and oxygen atoms in total. The van der Waals surface area contributed by atoms with Gasteiger partial charge in [-0.1, -0.05) is 12.1 Å². The summed E-state index contributed by atoms with van der Waals surface area (Å²) in [7, 11) is 2.11. The van der Waals surface area contributed by atoms with Crippen LogP contribution < -0.4 is 4.90 Å². The maximum atomic E-state index is 12.4. The van der Waals surface area contributed by atoms with Gasteiger partial charge in [-0.15, -0.1) is 0 Å². The predicted molar refractivity (Wildman–Crippen MR) is 154 cm³/mol. The molecule has 38 heavy (non-hydrogen) atoms. The largest absolute Gasteiger partial charge is 0.444 e. The molecule has 1 aliphatic rings. The predicted octanol–water partition coefficient (Wildman–Crippen LogP) is 6.28. The number of pyridine rings is 2. The normalized spacial score (nSPS) is 14.3. The van der Waals surface area contributed by atoms with Gasteiger partial charge in [-0.3, -0.25) is 9.97 Å². The molecular weight excluding hydrogens is 474 g/mol. The molecular formula is C31H37N5O2. The first-order valence-corrected chi connectivity index (χ1v) is 13.2. The van der Waals surface area contributed by atoms with E-state index in [1.807, 2.05) is 40.8 Å². The van der Waals surface area contributed by atoms with Crippen molar-refractivity contribution in [2.24, 2.45) is 7.05 Å². The SMILES string of the molecule is Cc1cc(-c2cnc3c(C)c(-c4ccc(N5CCN(C(=O)OC(C)(C)C)CC5)cc4)n(C)c3c2)cc(C)n1. The highest BCUT2D eigenvalue weighted by Gasteiger charge is 2.26. The molecule has 0 aliphatic carbocycles. The lowest BCUT2D eigenvalue weighted by molar-refractivity contribution is 0.0240. The van der Waals surface area contributed by atoms with Crippen LogP contribution in [0.1, 0.15) is 37.7 Å². The number of anilines is 1. The van der Waals surface area contributed by atoms with Crippen LogP contribution in [0.3, 0.4) is 0 Å². The number of aryl methyl sites for hydroxylation is 4. The molecule has 1 amide bonds. The van der Waals surface area contributed by atoms with Crippen molar-refractivity contribution in [2.75, 3.05) is 31.1 Å². The first-order chi connectivity index (χ1) is 18.0. The second kappa shape index (κ2) is 9.78.